The van der Waals surface area contributed by atoms with Crippen molar-refractivity contribution in [3.05, 3.63) is 75.6 Å². The number of nitrogens with zero attached hydrogens (tertiary/aromatic N) is 1. The highest BCUT2D eigenvalue weighted by Gasteiger charge is 2.19. The van der Waals surface area contributed by atoms with E-state index in [2.05, 4.69) is 5.32 Å². The third-order valence-corrected chi connectivity index (χ3v) is 3.31. The van der Waals surface area contributed by atoms with Crippen LogP contribution in [-0.2, 0) is 6.42 Å². The lowest BCUT2D eigenvalue weighted by molar-refractivity contribution is -0.385. The van der Waals surface area contributed by atoms with E-state index < -0.39 is 10.7 Å². The van der Waals surface area contributed by atoms with E-state index in [1.165, 1.54) is 12.1 Å². The van der Waals surface area contributed by atoms with Crippen molar-refractivity contribution in [2.45, 2.75) is 19.4 Å². The summed E-state index contributed by atoms with van der Waals surface area (Å²) in [5.41, 5.74) is 1.38. The summed E-state index contributed by atoms with van der Waals surface area (Å²) >= 11 is 0. The maximum Gasteiger partial charge on any atom is 0.272 e. The molecule has 0 saturated carbocycles. The summed E-state index contributed by atoms with van der Waals surface area (Å²) in [4.78, 5) is 10.6. The number of rotatable bonds is 6. The SMILES string of the molecule is CCNC(Cc1cc(F)ccc1[N+](=O)[O-])c1ccccc1. The molecule has 110 valence electrons. The maximum atomic E-state index is 13.4. The summed E-state index contributed by atoms with van der Waals surface area (Å²) in [5, 5.41) is 14.4. The molecule has 2 aromatic carbocycles. The van der Waals surface area contributed by atoms with Gasteiger partial charge in [0.05, 0.1) is 4.92 Å². The molecule has 0 aliphatic carbocycles. The average molecular weight is 288 g/mol. The number of benzene rings is 2. The Balaban J connectivity index is 2.33. The van der Waals surface area contributed by atoms with Crippen LogP contribution in [0.4, 0.5) is 10.1 Å². The van der Waals surface area contributed by atoms with Crippen LogP contribution >= 0.6 is 0 Å². The van der Waals surface area contributed by atoms with Crippen LogP contribution in [0.5, 0.6) is 0 Å². The molecule has 1 N–H and O–H groups in total. The van der Waals surface area contributed by atoms with Crippen molar-refractivity contribution < 1.29 is 9.31 Å². The first-order valence-corrected chi connectivity index (χ1v) is 6.83. The molecule has 0 aliphatic rings. The minimum atomic E-state index is -0.469. The highest BCUT2D eigenvalue weighted by molar-refractivity contribution is 5.41. The van der Waals surface area contributed by atoms with E-state index in [4.69, 9.17) is 0 Å². The van der Waals surface area contributed by atoms with Crippen molar-refractivity contribution in [3.63, 3.8) is 0 Å². The van der Waals surface area contributed by atoms with Gasteiger partial charge in [0.1, 0.15) is 5.82 Å². The fourth-order valence-electron chi connectivity index (χ4n) is 2.36. The van der Waals surface area contributed by atoms with Gasteiger partial charge in [-0.1, -0.05) is 37.3 Å². The molecule has 21 heavy (non-hydrogen) atoms. The lowest BCUT2D eigenvalue weighted by atomic mass is 9.97. The van der Waals surface area contributed by atoms with Crippen LogP contribution in [0.25, 0.3) is 0 Å². The molecule has 2 aromatic rings. The Morgan fingerprint density at radius 2 is 1.95 bits per heavy atom. The van der Waals surface area contributed by atoms with E-state index in [-0.39, 0.29) is 11.7 Å². The Kier molecular flexibility index (Phi) is 5.00. The van der Waals surface area contributed by atoms with Crippen LogP contribution in [0.1, 0.15) is 24.1 Å². The highest BCUT2D eigenvalue weighted by Crippen LogP contribution is 2.26. The number of halogens is 1. The van der Waals surface area contributed by atoms with Gasteiger partial charge in [0, 0.05) is 17.7 Å². The number of hydrogen-bond donors (Lipinski definition) is 1. The average Bonchev–Trinajstić information content (AvgIpc) is 2.47. The largest absolute Gasteiger partial charge is 0.310 e. The van der Waals surface area contributed by atoms with Gasteiger partial charge < -0.3 is 5.32 Å². The quantitative estimate of drug-likeness (QED) is 0.652. The van der Waals surface area contributed by atoms with E-state index in [9.17, 15) is 14.5 Å². The fraction of sp³-hybridized carbons (Fsp3) is 0.250. The predicted molar refractivity (Wildman–Crippen MR) is 79.6 cm³/mol. The molecule has 0 saturated heterocycles. The Labute approximate surface area is 122 Å². The summed E-state index contributed by atoms with van der Waals surface area (Å²) in [5.74, 6) is -0.459. The summed E-state index contributed by atoms with van der Waals surface area (Å²) in [6.07, 6.45) is 0.367. The molecule has 0 amide bonds. The molecular weight excluding hydrogens is 271 g/mol. The molecule has 1 atom stereocenters. The fourth-order valence-corrected chi connectivity index (χ4v) is 2.36. The Morgan fingerprint density at radius 3 is 2.57 bits per heavy atom. The van der Waals surface area contributed by atoms with Crippen molar-refractivity contribution in [2.75, 3.05) is 6.54 Å². The molecule has 0 fully saturated rings. The molecule has 5 heteroatoms. The van der Waals surface area contributed by atoms with Gasteiger partial charge in [-0.2, -0.15) is 0 Å². The number of nitro benzene ring substituents is 1. The molecule has 0 aromatic heterocycles. The van der Waals surface area contributed by atoms with Crippen molar-refractivity contribution in [3.8, 4) is 0 Å². The molecular formula is C16H17FN2O2. The number of nitrogens with one attached hydrogen (secondary N) is 1. The predicted octanol–water partition coefficient (Wildman–Crippen LogP) is 3.63. The third-order valence-electron chi connectivity index (χ3n) is 3.31. The van der Waals surface area contributed by atoms with E-state index >= 15 is 0 Å². The lowest BCUT2D eigenvalue weighted by Gasteiger charge is -2.18. The third kappa shape index (κ3) is 3.86. The first kappa shape index (κ1) is 15.1. The van der Waals surface area contributed by atoms with Gasteiger partial charge in [-0.3, -0.25) is 10.1 Å². The van der Waals surface area contributed by atoms with E-state index in [0.29, 0.717) is 12.0 Å². The second-order valence-electron chi connectivity index (χ2n) is 4.76. The smallest absolute Gasteiger partial charge is 0.272 e. The highest BCUT2D eigenvalue weighted by atomic mass is 19.1. The summed E-state index contributed by atoms with van der Waals surface area (Å²) in [7, 11) is 0. The van der Waals surface area contributed by atoms with Gasteiger partial charge in [-0.05, 0) is 30.7 Å². The van der Waals surface area contributed by atoms with E-state index in [1.54, 1.807) is 0 Å². The minimum absolute atomic E-state index is 0.0461. The van der Waals surface area contributed by atoms with Gasteiger partial charge in [-0.15, -0.1) is 0 Å². The summed E-state index contributed by atoms with van der Waals surface area (Å²) in [6.45, 7) is 2.69. The molecule has 2 rings (SSSR count). The van der Waals surface area contributed by atoms with Gasteiger partial charge in [-0.25, -0.2) is 4.39 Å². The summed E-state index contributed by atoms with van der Waals surface area (Å²) < 4.78 is 13.4. The van der Waals surface area contributed by atoms with Gasteiger partial charge >= 0.3 is 0 Å². The zero-order chi connectivity index (χ0) is 15.2. The van der Waals surface area contributed by atoms with Gasteiger partial charge in [0.2, 0.25) is 0 Å². The van der Waals surface area contributed by atoms with Crippen molar-refractivity contribution in [2.24, 2.45) is 0 Å². The zero-order valence-corrected chi connectivity index (χ0v) is 11.8. The molecule has 0 aliphatic heterocycles. The van der Waals surface area contributed by atoms with Crippen LogP contribution in [0.15, 0.2) is 48.5 Å². The van der Waals surface area contributed by atoms with E-state index in [1.807, 2.05) is 37.3 Å². The van der Waals surface area contributed by atoms with Crippen molar-refractivity contribution in [1.29, 1.82) is 0 Å². The Morgan fingerprint density at radius 1 is 1.24 bits per heavy atom. The minimum Gasteiger partial charge on any atom is -0.310 e. The number of hydrogen-bond acceptors (Lipinski definition) is 3. The monoisotopic (exact) mass is 288 g/mol. The van der Waals surface area contributed by atoms with Crippen LogP contribution in [0, 0.1) is 15.9 Å². The van der Waals surface area contributed by atoms with Crippen LogP contribution in [0.2, 0.25) is 0 Å². The Hall–Kier alpha value is -2.27. The maximum absolute atomic E-state index is 13.4. The first-order valence-electron chi connectivity index (χ1n) is 6.83. The van der Waals surface area contributed by atoms with Crippen molar-refractivity contribution >= 4 is 5.69 Å². The molecule has 4 nitrogen and oxygen atoms in total. The zero-order valence-electron chi connectivity index (χ0n) is 11.8. The molecule has 0 heterocycles. The van der Waals surface area contributed by atoms with E-state index in [0.717, 1.165) is 18.2 Å². The van der Waals surface area contributed by atoms with Crippen LogP contribution in [0.3, 0.4) is 0 Å². The van der Waals surface area contributed by atoms with Crippen LogP contribution < -0.4 is 5.32 Å². The number of likely N-dealkylation sites (N-methyl/N-ethyl adjacent to an activating group) is 1. The number of nitro groups is 1. The van der Waals surface area contributed by atoms with Gasteiger partial charge in [0.25, 0.3) is 5.69 Å². The summed E-state index contributed by atoms with van der Waals surface area (Å²) in [6, 6.07) is 13.2. The standard InChI is InChI=1S/C16H17FN2O2/c1-2-18-15(12-6-4-3-5-7-12)11-13-10-14(17)8-9-16(13)19(20)21/h3-10,15,18H,2,11H2,1H3. The topological polar surface area (TPSA) is 55.2 Å². The molecule has 0 radical (unpaired) electrons. The normalized spacial score (nSPS) is 12.1. The van der Waals surface area contributed by atoms with Gasteiger partial charge in [0.15, 0.2) is 0 Å². The lowest BCUT2D eigenvalue weighted by Crippen LogP contribution is -2.23. The van der Waals surface area contributed by atoms with Crippen molar-refractivity contribution in [1.82, 2.24) is 5.32 Å². The van der Waals surface area contributed by atoms with Crippen LogP contribution in [-0.4, -0.2) is 11.5 Å². The molecule has 0 spiro atoms. The second-order valence-corrected chi connectivity index (χ2v) is 4.76. The second kappa shape index (κ2) is 6.95. The molecule has 1 unspecified atom stereocenters. The molecule has 0 bridgehead atoms. The first-order chi connectivity index (χ1) is 10.1. The Bertz CT molecular complexity index is 617.